The first-order valence-corrected chi connectivity index (χ1v) is 8.67. The third-order valence-electron chi connectivity index (χ3n) is 4.15. The number of fused-ring (bicyclic) bond motifs is 1. The van der Waals surface area contributed by atoms with Gasteiger partial charge in [-0.1, -0.05) is 12.1 Å². The van der Waals surface area contributed by atoms with Crippen LogP contribution in [0.15, 0.2) is 54.5 Å². The van der Waals surface area contributed by atoms with Gasteiger partial charge in [0.1, 0.15) is 0 Å². The smallest absolute Gasteiger partial charge is 0.350 e. The Morgan fingerprint density at radius 1 is 1.04 bits per heavy atom. The third-order valence-corrected chi connectivity index (χ3v) is 4.15. The predicted octanol–water partition coefficient (Wildman–Crippen LogP) is 2.84. The highest BCUT2D eigenvalue weighted by Crippen LogP contribution is 2.24. The molecule has 1 N–H and O–H groups in total. The van der Waals surface area contributed by atoms with Crippen molar-refractivity contribution in [2.24, 2.45) is 0 Å². The molecule has 1 fully saturated rings. The van der Waals surface area contributed by atoms with Gasteiger partial charge in [-0.05, 0) is 25.1 Å². The molecule has 3 heterocycles. The number of imidazole rings is 1. The number of nitrogens with one attached hydrogen (secondary N) is 1. The SMILES string of the molecule is Cc1ccn2cc(-c3ccc(NC=C4C(=O)OC(C)(C)OC4=O)cc3)nc2n1. The second kappa shape index (κ2) is 6.49. The molecule has 0 spiro atoms. The van der Waals surface area contributed by atoms with Crippen LogP contribution in [0.5, 0.6) is 0 Å². The first-order chi connectivity index (χ1) is 13.3. The summed E-state index contributed by atoms with van der Waals surface area (Å²) in [5.41, 5.74) is 3.12. The van der Waals surface area contributed by atoms with Crippen LogP contribution in [0.3, 0.4) is 0 Å². The number of rotatable bonds is 3. The van der Waals surface area contributed by atoms with E-state index in [2.05, 4.69) is 15.3 Å². The second-order valence-electron chi connectivity index (χ2n) is 6.86. The van der Waals surface area contributed by atoms with Crippen molar-refractivity contribution >= 4 is 23.4 Å². The molecule has 8 nitrogen and oxygen atoms in total. The fourth-order valence-corrected chi connectivity index (χ4v) is 2.77. The summed E-state index contributed by atoms with van der Waals surface area (Å²) in [4.78, 5) is 32.8. The normalized spacial score (nSPS) is 15.9. The van der Waals surface area contributed by atoms with Gasteiger partial charge in [-0.2, -0.15) is 0 Å². The number of esters is 2. The minimum atomic E-state index is -1.26. The third kappa shape index (κ3) is 3.44. The Balaban J connectivity index is 1.52. The Labute approximate surface area is 160 Å². The van der Waals surface area contributed by atoms with E-state index in [1.54, 1.807) is 0 Å². The molecule has 4 rings (SSSR count). The molecule has 0 atom stereocenters. The molecule has 0 amide bonds. The molecule has 1 saturated heterocycles. The highest BCUT2D eigenvalue weighted by Gasteiger charge is 2.38. The van der Waals surface area contributed by atoms with Crippen LogP contribution >= 0.6 is 0 Å². The first-order valence-electron chi connectivity index (χ1n) is 8.67. The predicted molar refractivity (Wildman–Crippen MR) is 101 cm³/mol. The molecule has 142 valence electrons. The molecule has 0 aliphatic carbocycles. The average Bonchev–Trinajstić information content (AvgIpc) is 3.03. The average molecular weight is 378 g/mol. The molecular weight excluding hydrogens is 360 g/mol. The number of aromatic nitrogens is 3. The van der Waals surface area contributed by atoms with Gasteiger partial charge in [-0.25, -0.2) is 19.6 Å². The van der Waals surface area contributed by atoms with E-state index in [0.29, 0.717) is 11.5 Å². The summed E-state index contributed by atoms with van der Waals surface area (Å²) in [5.74, 6) is -2.07. The zero-order valence-electron chi connectivity index (χ0n) is 15.6. The topological polar surface area (TPSA) is 94.8 Å². The Morgan fingerprint density at radius 3 is 2.39 bits per heavy atom. The monoisotopic (exact) mass is 378 g/mol. The second-order valence-corrected chi connectivity index (χ2v) is 6.86. The summed E-state index contributed by atoms with van der Waals surface area (Å²) in [6.07, 6.45) is 5.11. The van der Waals surface area contributed by atoms with Crippen LogP contribution in [-0.4, -0.2) is 32.1 Å². The summed E-state index contributed by atoms with van der Waals surface area (Å²) in [6, 6.07) is 9.32. The fraction of sp³-hybridized carbons (Fsp3) is 0.200. The zero-order chi connectivity index (χ0) is 19.9. The van der Waals surface area contributed by atoms with E-state index in [-0.39, 0.29) is 5.57 Å². The molecule has 0 bridgehead atoms. The van der Waals surface area contributed by atoms with E-state index in [1.807, 2.05) is 54.0 Å². The van der Waals surface area contributed by atoms with Gasteiger partial charge in [0.15, 0.2) is 5.57 Å². The van der Waals surface area contributed by atoms with E-state index in [1.165, 1.54) is 20.0 Å². The van der Waals surface area contributed by atoms with Gasteiger partial charge < -0.3 is 14.8 Å². The Morgan fingerprint density at radius 2 is 1.71 bits per heavy atom. The number of hydrogen-bond acceptors (Lipinski definition) is 7. The van der Waals surface area contributed by atoms with Crippen molar-refractivity contribution in [3.8, 4) is 11.3 Å². The van der Waals surface area contributed by atoms with Gasteiger partial charge in [0.25, 0.3) is 5.79 Å². The molecule has 0 saturated carbocycles. The molecule has 2 aromatic heterocycles. The van der Waals surface area contributed by atoms with E-state index < -0.39 is 17.7 Å². The number of cyclic esters (lactones) is 2. The van der Waals surface area contributed by atoms with Crippen molar-refractivity contribution < 1.29 is 19.1 Å². The number of carbonyl (C=O) groups is 2. The minimum Gasteiger partial charge on any atom is -0.419 e. The Hall–Kier alpha value is -3.68. The van der Waals surface area contributed by atoms with Crippen molar-refractivity contribution in [2.45, 2.75) is 26.6 Å². The van der Waals surface area contributed by atoms with Crippen LogP contribution in [0, 0.1) is 6.92 Å². The number of benzene rings is 1. The Bertz CT molecular complexity index is 1090. The van der Waals surface area contributed by atoms with Gasteiger partial charge in [0.2, 0.25) is 5.78 Å². The number of aryl methyl sites for hydroxylation is 1. The molecule has 3 aromatic rings. The molecule has 1 aliphatic heterocycles. The number of anilines is 1. The lowest BCUT2D eigenvalue weighted by Crippen LogP contribution is -2.42. The molecule has 1 aliphatic rings. The standard InChI is InChI=1S/C20H18N4O4/c1-12-8-9-24-11-16(23-19(24)22-12)13-4-6-14(7-5-13)21-10-15-17(25)27-20(2,3)28-18(15)26/h4-11,21H,1-3H3. The van der Waals surface area contributed by atoms with Crippen LogP contribution < -0.4 is 5.32 Å². The summed E-state index contributed by atoms with van der Waals surface area (Å²) in [6.45, 7) is 4.92. The number of carbonyl (C=O) groups excluding carboxylic acids is 2. The fourth-order valence-electron chi connectivity index (χ4n) is 2.77. The van der Waals surface area contributed by atoms with Gasteiger partial charge in [-0.3, -0.25) is 4.40 Å². The van der Waals surface area contributed by atoms with E-state index >= 15 is 0 Å². The maximum Gasteiger partial charge on any atom is 0.350 e. The molecule has 0 radical (unpaired) electrons. The van der Waals surface area contributed by atoms with Gasteiger partial charge >= 0.3 is 11.9 Å². The summed E-state index contributed by atoms with van der Waals surface area (Å²) in [5, 5.41) is 2.91. The van der Waals surface area contributed by atoms with Gasteiger partial charge in [-0.15, -0.1) is 0 Å². The summed E-state index contributed by atoms with van der Waals surface area (Å²) in [7, 11) is 0. The van der Waals surface area contributed by atoms with E-state index in [9.17, 15) is 9.59 Å². The number of nitrogens with zero attached hydrogens (tertiary/aromatic N) is 3. The molecule has 8 heteroatoms. The summed E-state index contributed by atoms with van der Waals surface area (Å²) >= 11 is 0. The Kier molecular flexibility index (Phi) is 4.11. The van der Waals surface area contributed by atoms with Crippen LogP contribution in [-0.2, 0) is 19.1 Å². The van der Waals surface area contributed by atoms with Crippen LogP contribution in [0.1, 0.15) is 19.5 Å². The highest BCUT2D eigenvalue weighted by atomic mass is 16.7. The van der Waals surface area contributed by atoms with Gasteiger partial charge in [0.05, 0.1) is 5.69 Å². The minimum absolute atomic E-state index is 0.190. The molecular formula is C20H18N4O4. The van der Waals surface area contributed by atoms with Crippen molar-refractivity contribution in [1.82, 2.24) is 14.4 Å². The van der Waals surface area contributed by atoms with Crippen LogP contribution in [0.25, 0.3) is 17.0 Å². The number of hydrogen-bond donors (Lipinski definition) is 1. The molecule has 28 heavy (non-hydrogen) atoms. The van der Waals surface area contributed by atoms with Crippen molar-refractivity contribution in [1.29, 1.82) is 0 Å². The quantitative estimate of drug-likeness (QED) is 0.425. The molecule has 0 unspecified atom stereocenters. The van der Waals surface area contributed by atoms with Gasteiger partial charge in [0, 0.05) is 49.4 Å². The lowest BCUT2D eigenvalue weighted by molar-refractivity contribution is -0.222. The maximum absolute atomic E-state index is 11.9. The van der Waals surface area contributed by atoms with Crippen molar-refractivity contribution in [3.05, 3.63) is 60.2 Å². The highest BCUT2D eigenvalue weighted by molar-refractivity contribution is 6.15. The largest absolute Gasteiger partial charge is 0.419 e. The lowest BCUT2D eigenvalue weighted by atomic mass is 10.1. The first kappa shape index (κ1) is 17.7. The lowest BCUT2D eigenvalue weighted by Gasteiger charge is -2.29. The van der Waals surface area contributed by atoms with E-state index in [4.69, 9.17) is 9.47 Å². The molecule has 1 aromatic carbocycles. The van der Waals surface area contributed by atoms with Crippen molar-refractivity contribution in [3.63, 3.8) is 0 Å². The van der Waals surface area contributed by atoms with E-state index in [0.717, 1.165) is 17.0 Å². The maximum atomic E-state index is 11.9. The zero-order valence-corrected chi connectivity index (χ0v) is 15.6. The number of ether oxygens (including phenoxy) is 2. The van der Waals surface area contributed by atoms with Crippen LogP contribution in [0.4, 0.5) is 5.69 Å². The van der Waals surface area contributed by atoms with Crippen molar-refractivity contribution in [2.75, 3.05) is 5.32 Å². The summed E-state index contributed by atoms with van der Waals surface area (Å²) < 4.78 is 12.0. The van der Waals surface area contributed by atoms with Crippen LogP contribution in [0.2, 0.25) is 0 Å².